The number of rotatable bonds is 9. The van der Waals surface area contributed by atoms with E-state index in [-0.39, 0.29) is 23.7 Å². The lowest BCUT2D eigenvalue weighted by Gasteiger charge is -2.27. The molecular weight excluding hydrogens is 437 g/mol. The smallest absolute Gasteiger partial charge is 0.232 e. The van der Waals surface area contributed by atoms with Crippen LogP contribution in [-0.4, -0.2) is 52.0 Å². The van der Waals surface area contributed by atoms with Gasteiger partial charge in [-0.2, -0.15) is 4.89 Å². The molecule has 0 saturated carbocycles. The standard InChI is InChI=1S/C22H24FN3O5S/c1-25(12-15-7-9-16(23)10-8-15)13-18-19(14-27)22(31-30-3)20-17(6-5-11-24-20)21(18)26(2)32(4,28)29/h5-11,14H,12-13H2,1-4H3. The highest BCUT2D eigenvalue weighted by molar-refractivity contribution is 7.92. The Morgan fingerprint density at radius 1 is 1.12 bits per heavy atom. The van der Waals surface area contributed by atoms with Gasteiger partial charge in [-0.25, -0.2) is 12.8 Å². The van der Waals surface area contributed by atoms with Crippen molar-refractivity contribution in [3.63, 3.8) is 0 Å². The first kappa shape index (κ1) is 23.6. The molecule has 2 aromatic carbocycles. The summed E-state index contributed by atoms with van der Waals surface area (Å²) in [6.45, 7) is 0.637. The zero-order valence-electron chi connectivity index (χ0n) is 18.2. The van der Waals surface area contributed by atoms with Crippen LogP contribution in [0.2, 0.25) is 0 Å². The molecule has 0 bridgehead atoms. The molecule has 170 valence electrons. The highest BCUT2D eigenvalue weighted by atomic mass is 32.2. The quantitative estimate of drug-likeness (QED) is 0.275. The third kappa shape index (κ3) is 4.87. The second kappa shape index (κ2) is 9.60. The minimum absolute atomic E-state index is 0.105. The number of benzene rings is 2. The number of hydrogen-bond acceptors (Lipinski definition) is 7. The topological polar surface area (TPSA) is 89.0 Å². The SMILES string of the molecule is COOc1c(C=O)c(CN(C)Cc2ccc(F)cc2)c(N(C)S(C)(=O)=O)c2cccnc12. The number of halogens is 1. The van der Waals surface area contributed by atoms with E-state index in [1.54, 1.807) is 24.3 Å². The highest BCUT2D eigenvalue weighted by Crippen LogP contribution is 2.40. The molecule has 0 unspecified atom stereocenters. The minimum Gasteiger partial charge on any atom is -0.335 e. The summed E-state index contributed by atoms with van der Waals surface area (Å²) in [5, 5.41) is 0.489. The maximum Gasteiger partial charge on any atom is 0.232 e. The molecule has 0 saturated heterocycles. The van der Waals surface area contributed by atoms with E-state index >= 15 is 0 Å². The van der Waals surface area contributed by atoms with Crippen molar-refractivity contribution in [1.29, 1.82) is 0 Å². The van der Waals surface area contributed by atoms with Crippen LogP contribution >= 0.6 is 0 Å². The molecule has 0 aliphatic rings. The van der Waals surface area contributed by atoms with Gasteiger partial charge in [0.2, 0.25) is 15.8 Å². The summed E-state index contributed by atoms with van der Waals surface area (Å²) in [4.78, 5) is 28.5. The van der Waals surface area contributed by atoms with Crippen LogP contribution in [0.4, 0.5) is 10.1 Å². The second-order valence-electron chi connectivity index (χ2n) is 7.37. The maximum absolute atomic E-state index is 13.2. The molecule has 0 radical (unpaired) electrons. The van der Waals surface area contributed by atoms with Crippen molar-refractivity contribution in [1.82, 2.24) is 9.88 Å². The number of pyridine rings is 1. The van der Waals surface area contributed by atoms with Gasteiger partial charge in [-0.15, -0.1) is 0 Å². The van der Waals surface area contributed by atoms with Crippen LogP contribution in [0.3, 0.4) is 0 Å². The molecule has 0 N–H and O–H groups in total. The molecule has 0 amide bonds. The van der Waals surface area contributed by atoms with Gasteiger partial charge < -0.3 is 4.89 Å². The van der Waals surface area contributed by atoms with Gasteiger partial charge in [-0.1, -0.05) is 12.1 Å². The van der Waals surface area contributed by atoms with Crippen molar-refractivity contribution < 1.29 is 27.4 Å². The fraction of sp³-hybridized carbons (Fsp3) is 0.273. The second-order valence-corrected chi connectivity index (χ2v) is 9.38. The van der Waals surface area contributed by atoms with E-state index in [2.05, 4.69) is 4.98 Å². The first-order valence-corrected chi connectivity index (χ1v) is 11.5. The van der Waals surface area contributed by atoms with Crippen molar-refractivity contribution in [2.24, 2.45) is 0 Å². The lowest BCUT2D eigenvalue weighted by Crippen LogP contribution is -2.28. The van der Waals surface area contributed by atoms with E-state index in [4.69, 9.17) is 9.78 Å². The van der Waals surface area contributed by atoms with Crippen LogP contribution in [0.5, 0.6) is 5.75 Å². The summed E-state index contributed by atoms with van der Waals surface area (Å²) in [7, 11) is 0.878. The van der Waals surface area contributed by atoms with Gasteiger partial charge in [0.15, 0.2) is 6.29 Å². The van der Waals surface area contributed by atoms with E-state index < -0.39 is 10.0 Å². The van der Waals surface area contributed by atoms with Crippen LogP contribution in [0.25, 0.3) is 10.9 Å². The molecule has 8 nitrogen and oxygen atoms in total. The lowest BCUT2D eigenvalue weighted by molar-refractivity contribution is -0.177. The number of hydrogen-bond donors (Lipinski definition) is 0. The summed E-state index contributed by atoms with van der Waals surface area (Å²) in [5.41, 5.74) is 2.05. The van der Waals surface area contributed by atoms with Crippen molar-refractivity contribution in [3.05, 3.63) is 65.1 Å². The van der Waals surface area contributed by atoms with E-state index in [0.717, 1.165) is 16.1 Å². The Morgan fingerprint density at radius 2 is 1.81 bits per heavy atom. The molecule has 1 aromatic heterocycles. The van der Waals surface area contributed by atoms with E-state index in [1.165, 1.54) is 32.5 Å². The molecule has 0 spiro atoms. The van der Waals surface area contributed by atoms with Gasteiger partial charge in [0.25, 0.3) is 0 Å². The number of aromatic nitrogens is 1. The van der Waals surface area contributed by atoms with Crippen LogP contribution < -0.4 is 9.19 Å². The summed E-state index contributed by atoms with van der Waals surface area (Å²) in [6.07, 6.45) is 3.20. The van der Waals surface area contributed by atoms with Gasteiger partial charge >= 0.3 is 0 Å². The molecule has 3 rings (SSSR count). The molecule has 3 aromatic rings. The van der Waals surface area contributed by atoms with Gasteiger partial charge in [0, 0.05) is 37.3 Å². The van der Waals surface area contributed by atoms with E-state index in [1.807, 2.05) is 11.9 Å². The normalized spacial score (nSPS) is 11.7. The third-order valence-electron chi connectivity index (χ3n) is 5.02. The number of fused-ring (bicyclic) bond motifs is 1. The maximum atomic E-state index is 13.2. The Hall–Kier alpha value is -3.08. The summed E-state index contributed by atoms with van der Waals surface area (Å²) in [6, 6.07) is 9.45. The molecule has 0 fully saturated rings. The third-order valence-corrected chi connectivity index (χ3v) is 6.20. The number of aldehydes is 1. The number of sulfonamides is 1. The van der Waals surface area contributed by atoms with Crippen molar-refractivity contribution in [2.75, 3.05) is 31.8 Å². The Labute approximate surface area is 186 Å². The van der Waals surface area contributed by atoms with Gasteiger partial charge in [-0.3, -0.25) is 19.0 Å². The van der Waals surface area contributed by atoms with E-state index in [9.17, 15) is 17.6 Å². The number of carbonyl (C=O) groups is 1. The molecule has 32 heavy (non-hydrogen) atoms. The van der Waals surface area contributed by atoms with Crippen LogP contribution in [0, 0.1) is 5.82 Å². The van der Waals surface area contributed by atoms with Gasteiger partial charge in [0.05, 0.1) is 24.6 Å². The van der Waals surface area contributed by atoms with Crippen LogP contribution in [-0.2, 0) is 28.0 Å². The summed E-state index contributed by atoms with van der Waals surface area (Å²) in [5.74, 6) is -0.228. The molecular formula is C22H24FN3O5S. The Kier molecular flexibility index (Phi) is 7.07. The summed E-state index contributed by atoms with van der Waals surface area (Å²) >= 11 is 0. The highest BCUT2D eigenvalue weighted by Gasteiger charge is 2.27. The minimum atomic E-state index is -3.66. The fourth-order valence-corrected chi connectivity index (χ4v) is 4.08. The van der Waals surface area contributed by atoms with Crippen molar-refractivity contribution in [2.45, 2.75) is 13.1 Å². The van der Waals surface area contributed by atoms with Crippen molar-refractivity contribution >= 4 is 32.9 Å². The lowest BCUT2D eigenvalue weighted by atomic mass is 9.99. The number of anilines is 1. The van der Waals surface area contributed by atoms with Crippen LogP contribution in [0.15, 0.2) is 42.6 Å². The largest absolute Gasteiger partial charge is 0.335 e. The zero-order valence-corrected chi connectivity index (χ0v) is 19.0. The predicted molar refractivity (Wildman–Crippen MR) is 120 cm³/mol. The molecule has 10 heteroatoms. The molecule has 1 heterocycles. The predicted octanol–water partition coefficient (Wildman–Crippen LogP) is 3.15. The fourth-order valence-electron chi connectivity index (χ4n) is 3.54. The first-order chi connectivity index (χ1) is 15.2. The Balaban J connectivity index is 2.21. The average Bonchev–Trinajstić information content (AvgIpc) is 2.75. The van der Waals surface area contributed by atoms with Crippen LogP contribution in [0.1, 0.15) is 21.5 Å². The molecule has 0 aliphatic carbocycles. The van der Waals surface area contributed by atoms with Gasteiger partial charge in [0.1, 0.15) is 11.3 Å². The Morgan fingerprint density at radius 3 is 2.41 bits per heavy atom. The zero-order chi connectivity index (χ0) is 23.5. The van der Waals surface area contributed by atoms with Gasteiger partial charge in [-0.05, 0) is 36.9 Å². The molecule has 0 aliphatic heterocycles. The number of nitrogens with zero attached hydrogens (tertiary/aromatic N) is 3. The monoisotopic (exact) mass is 461 g/mol. The average molecular weight is 462 g/mol. The number of carbonyl (C=O) groups excluding carboxylic acids is 1. The first-order valence-electron chi connectivity index (χ1n) is 9.63. The Bertz CT molecular complexity index is 1230. The van der Waals surface area contributed by atoms with Crippen molar-refractivity contribution in [3.8, 4) is 5.75 Å². The van der Waals surface area contributed by atoms with E-state index in [0.29, 0.717) is 35.0 Å². The molecule has 0 atom stereocenters. The summed E-state index contributed by atoms with van der Waals surface area (Å²) < 4.78 is 39.3.